The standard InChI is InChI=1S/C18H21N3O/c1-2-3-7-12-21-17-11-10-15(13-16(17)20-18(21)22)19-14-8-5-4-6-9-14/h4-6,8-11,13,19H,2-3,7,12H2,1H3,(H,20,22). The highest BCUT2D eigenvalue weighted by Crippen LogP contribution is 2.20. The number of H-pyrrole nitrogens is 1. The molecule has 0 bridgehead atoms. The first-order valence-corrected chi connectivity index (χ1v) is 7.82. The van der Waals surface area contributed by atoms with Crippen LogP contribution >= 0.6 is 0 Å². The Morgan fingerprint density at radius 3 is 2.64 bits per heavy atom. The lowest BCUT2D eigenvalue weighted by molar-refractivity contribution is 0.601. The summed E-state index contributed by atoms with van der Waals surface area (Å²) in [6, 6.07) is 16.0. The molecule has 0 aliphatic carbocycles. The Morgan fingerprint density at radius 1 is 1.05 bits per heavy atom. The number of hydrogen-bond donors (Lipinski definition) is 2. The Morgan fingerprint density at radius 2 is 1.86 bits per heavy atom. The lowest BCUT2D eigenvalue weighted by atomic mass is 10.2. The second kappa shape index (κ2) is 6.52. The maximum absolute atomic E-state index is 12.1. The monoisotopic (exact) mass is 295 g/mol. The number of anilines is 2. The maximum atomic E-state index is 12.1. The van der Waals surface area contributed by atoms with Crippen LogP contribution in [0.15, 0.2) is 53.3 Å². The van der Waals surface area contributed by atoms with Crippen molar-refractivity contribution < 1.29 is 0 Å². The number of aromatic amines is 1. The number of benzene rings is 2. The van der Waals surface area contributed by atoms with Crippen LogP contribution in [-0.2, 0) is 6.54 Å². The van der Waals surface area contributed by atoms with E-state index in [1.54, 1.807) is 0 Å². The molecule has 0 unspecified atom stereocenters. The van der Waals surface area contributed by atoms with Gasteiger partial charge in [0.2, 0.25) is 0 Å². The zero-order valence-electron chi connectivity index (χ0n) is 12.8. The van der Waals surface area contributed by atoms with Crippen molar-refractivity contribution in [1.82, 2.24) is 9.55 Å². The largest absolute Gasteiger partial charge is 0.355 e. The van der Waals surface area contributed by atoms with Gasteiger partial charge in [0.05, 0.1) is 11.0 Å². The summed E-state index contributed by atoms with van der Waals surface area (Å²) in [5, 5.41) is 3.35. The van der Waals surface area contributed by atoms with Crippen LogP contribution in [0.4, 0.5) is 11.4 Å². The third kappa shape index (κ3) is 3.06. The van der Waals surface area contributed by atoms with Crippen LogP contribution in [0.5, 0.6) is 0 Å². The van der Waals surface area contributed by atoms with Gasteiger partial charge in [-0.25, -0.2) is 4.79 Å². The molecule has 0 radical (unpaired) electrons. The average Bonchev–Trinajstić information content (AvgIpc) is 2.84. The maximum Gasteiger partial charge on any atom is 0.326 e. The van der Waals surface area contributed by atoms with Gasteiger partial charge in [-0.1, -0.05) is 38.0 Å². The Bertz CT molecular complexity index is 802. The summed E-state index contributed by atoms with van der Waals surface area (Å²) < 4.78 is 1.83. The first-order valence-electron chi connectivity index (χ1n) is 7.82. The van der Waals surface area contributed by atoms with Gasteiger partial charge in [-0.3, -0.25) is 4.57 Å². The molecule has 22 heavy (non-hydrogen) atoms. The molecule has 1 aromatic heterocycles. The molecule has 2 N–H and O–H groups in total. The summed E-state index contributed by atoms with van der Waals surface area (Å²) in [6.07, 6.45) is 3.34. The number of fused-ring (bicyclic) bond motifs is 1. The number of para-hydroxylation sites is 1. The fourth-order valence-corrected chi connectivity index (χ4v) is 2.67. The van der Waals surface area contributed by atoms with Gasteiger partial charge in [0.15, 0.2) is 0 Å². The van der Waals surface area contributed by atoms with E-state index in [0.717, 1.165) is 48.2 Å². The van der Waals surface area contributed by atoms with E-state index in [-0.39, 0.29) is 5.69 Å². The summed E-state index contributed by atoms with van der Waals surface area (Å²) >= 11 is 0. The number of rotatable bonds is 6. The predicted molar refractivity (Wildman–Crippen MR) is 91.8 cm³/mol. The van der Waals surface area contributed by atoms with Gasteiger partial charge in [-0.2, -0.15) is 0 Å². The molecule has 1 heterocycles. The fourth-order valence-electron chi connectivity index (χ4n) is 2.67. The van der Waals surface area contributed by atoms with E-state index in [2.05, 4.69) is 17.2 Å². The van der Waals surface area contributed by atoms with Crippen molar-refractivity contribution in [1.29, 1.82) is 0 Å². The van der Waals surface area contributed by atoms with Crippen LogP contribution in [0.1, 0.15) is 26.2 Å². The molecule has 0 saturated heterocycles. The van der Waals surface area contributed by atoms with Crippen molar-refractivity contribution in [2.75, 3.05) is 5.32 Å². The molecule has 0 aliphatic rings. The van der Waals surface area contributed by atoms with E-state index >= 15 is 0 Å². The van der Waals surface area contributed by atoms with E-state index in [4.69, 9.17) is 0 Å². The molecule has 4 nitrogen and oxygen atoms in total. The molecule has 4 heteroatoms. The number of aryl methyl sites for hydroxylation is 1. The van der Waals surface area contributed by atoms with Crippen molar-refractivity contribution >= 4 is 22.4 Å². The highest BCUT2D eigenvalue weighted by Gasteiger charge is 2.07. The molecule has 114 valence electrons. The quantitative estimate of drug-likeness (QED) is 0.667. The van der Waals surface area contributed by atoms with Crippen LogP contribution in [0.25, 0.3) is 11.0 Å². The summed E-state index contributed by atoms with van der Waals surface area (Å²) in [5.74, 6) is 0. The van der Waals surface area contributed by atoms with Crippen molar-refractivity contribution in [3.05, 3.63) is 59.0 Å². The molecule has 0 atom stereocenters. The van der Waals surface area contributed by atoms with Gasteiger partial charge in [-0.15, -0.1) is 0 Å². The van der Waals surface area contributed by atoms with Crippen LogP contribution < -0.4 is 11.0 Å². The highest BCUT2D eigenvalue weighted by atomic mass is 16.1. The Labute approximate surface area is 129 Å². The lowest BCUT2D eigenvalue weighted by Gasteiger charge is -2.07. The van der Waals surface area contributed by atoms with Crippen LogP contribution in [0, 0.1) is 0 Å². The third-order valence-corrected chi connectivity index (χ3v) is 3.82. The molecule has 3 rings (SSSR count). The number of hydrogen-bond acceptors (Lipinski definition) is 2. The summed E-state index contributed by atoms with van der Waals surface area (Å²) in [4.78, 5) is 15.0. The zero-order chi connectivity index (χ0) is 15.4. The smallest absolute Gasteiger partial charge is 0.326 e. The van der Waals surface area contributed by atoms with Gasteiger partial charge >= 0.3 is 5.69 Å². The molecule has 3 aromatic rings. The molecule has 2 aromatic carbocycles. The second-order valence-electron chi connectivity index (χ2n) is 5.51. The minimum Gasteiger partial charge on any atom is -0.355 e. The summed E-state index contributed by atoms with van der Waals surface area (Å²) in [5.41, 5.74) is 3.83. The molecule has 0 spiro atoms. The normalized spacial score (nSPS) is 11.0. The zero-order valence-corrected chi connectivity index (χ0v) is 12.8. The first-order chi connectivity index (χ1) is 10.8. The summed E-state index contributed by atoms with van der Waals surface area (Å²) in [6.45, 7) is 2.94. The van der Waals surface area contributed by atoms with Crippen LogP contribution in [0.2, 0.25) is 0 Å². The van der Waals surface area contributed by atoms with Crippen molar-refractivity contribution in [2.24, 2.45) is 0 Å². The number of nitrogens with one attached hydrogen (secondary N) is 2. The van der Waals surface area contributed by atoms with Gasteiger partial charge in [0.25, 0.3) is 0 Å². The second-order valence-corrected chi connectivity index (χ2v) is 5.51. The van der Waals surface area contributed by atoms with Crippen molar-refractivity contribution in [2.45, 2.75) is 32.7 Å². The van der Waals surface area contributed by atoms with E-state index in [9.17, 15) is 4.79 Å². The first kappa shape index (κ1) is 14.4. The Hall–Kier alpha value is -2.49. The topological polar surface area (TPSA) is 49.8 Å². The highest BCUT2D eigenvalue weighted by molar-refractivity contribution is 5.80. The van der Waals surface area contributed by atoms with Crippen molar-refractivity contribution in [3.8, 4) is 0 Å². The summed E-state index contributed by atoms with van der Waals surface area (Å²) in [7, 11) is 0. The Balaban J connectivity index is 1.86. The molecular formula is C18H21N3O. The minimum atomic E-state index is -0.0250. The van der Waals surface area contributed by atoms with Gasteiger partial charge in [0.1, 0.15) is 0 Å². The molecule has 0 fully saturated rings. The number of imidazole rings is 1. The molecular weight excluding hydrogens is 274 g/mol. The average molecular weight is 295 g/mol. The van der Waals surface area contributed by atoms with Gasteiger partial charge in [0, 0.05) is 17.9 Å². The van der Waals surface area contributed by atoms with Crippen LogP contribution in [-0.4, -0.2) is 9.55 Å². The van der Waals surface area contributed by atoms with E-state index in [0.29, 0.717) is 0 Å². The van der Waals surface area contributed by atoms with E-state index in [1.165, 1.54) is 0 Å². The van der Waals surface area contributed by atoms with Crippen molar-refractivity contribution in [3.63, 3.8) is 0 Å². The van der Waals surface area contributed by atoms with Gasteiger partial charge in [-0.05, 0) is 36.8 Å². The van der Waals surface area contributed by atoms with E-state index < -0.39 is 0 Å². The minimum absolute atomic E-state index is 0.0250. The SMILES string of the molecule is CCCCCn1c(=O)[nH]c2cc(Nc3ccccc3)ccc21. The van der Waals surface area contributed by atoms with Gasteiger partial charge < -0.3 is 10.3 Å². The number of aromatic nitrogens is 2. The van der Waals surface area contributed by atoms with E-state index in [1.807, 2.05) is 53.1 Å². The molecule has 0 amide bonds. The number of unbranched alkanes of at least 4 members (excludes halogenated alkanes) is 2. The molecule has 0 aliphatic heterocycles. The number of nitrogens with zero attached hydrogens (tertiary/aromatic N) is 1. The molecule has 0 saturated carbocycles. The fraction of sp³-hybridized carbons (Fsp3) is 0.278. The predicted octanol–water partition coefficient (Wildman–Crippen LogP) is 4.26. The third-order valence-electron chi connectivity index (χ3n) is 3.82. The lowest BCUT2D eigenvalue weighted by Crippen LogP contribution is -2.16. The van der Waals surface area contributed by atoms with Crippen LogP contribution in [0.3, 0.4) is 0 Å². The Kier molecular flexibility index (Phi) is 4.28.